The van der Waals surface area contributed by atoms with Crippen LogP contribution in [0, 0.1) is 0 Å². The first-order valence-corrected chi connectivity index (χ1v) is 11.0. The third kappa shape index (κ3) is 5.06. The van der Waals surface area contributed by atoms with E-state index in [-0.39, 0.29) is 0 Å². The van der Waals surface area contributed by atoms with E-state index >= 15 is 0 Å². The summed E-state index contributed by atoms with van der Waals surface area (Å²) in [4.78, 5) is 25.5. The SMILES string of the molecule is COC(=O)C1=C(C)NC(C)=C(C(=O)OC)C1c1cc(Br)c(OCc2ccccc2)c(OC)c1. The van der Waals surface area contributed by atoms with Crippen LogP contribution >= 0.6 is 15.9 Å². The molecule has 0 amide bonds. The van der Waals surface area contributed by atoms with Crippen molar-refractivity contribution in [1.82, 2.24) is 5.32 Å². The van der Waals surface area contributed by atoms with Crippen molar-refractivity contribution in [3.8, 4) is 11.5 Å². The monoisotopic (exact) mass is 515 g/mol. The van der Waals surface area contributed by atoms with E-state index in [4.69, 9.17) is 18.9 Å². The molecule has 33 heavy (non-hydrogen) atoms. The predicted octanol–water partition coefficient (Wildman–Crippen LogP) is 4.62. The lowest BCUT2D eigenvalue weighted by Crippen LogP contribution is -2.32. The van der Waals surface area contributed by atoms with Crippen LogP contribution in [0.5, 0.6) is 11.5 Å². The number of carbonyl (C=O) groups excluding carboxylic acids is 2. The van der Waals surface area contributed by atoms with Crippen LogP contribution in [0.1, 0.15) is 30.9 Å². The van der Waals surface area contributed by atoms with Crippen LogP contribution in [0.25, 0.3) is 0 Å². The van der Waals surface area contributed by atoms with Crippen LogP contribution in [0.2, 0.25) is 0 Å². The van der Waals surface area contributed by atoms with E-state index in [0.717, 1.165) is 5.56 Å². The Balaban J connectivity index is 2.10. The summed E-state index contributed by atoms with van der Waals surface area (Å²) in [5.41, 5.74) is 3.47. The number of esters is 2. The zero-order valence-corrected chi connectivity index (χ0v) is 20.7. The van der Waals surface area contributed by atoms with Gasteiger partial charge >= 0.3 is 11.9 Å². The molecule has 3 rings (SSSR count). The number of dihydropyridines is 1. The van der Waals surface area contributed by atoms with Gasteiger partial charge in [-0.25, -0.2) is 9.59 Å². The van der Waals surface area contributed by atoms with Gasteiger partial charge in [-0.2, -0.15) is 0 Å². The fourth-order valence-corrected chi connectivity index (χ4v) is 4.44. The number of nitrogens with one attached hydrogen (secondary N) is 1. The lowest BCUT2D eigenvalue weighted by atomic mass is 9.80. The molecule has 1 aliphatic heterocycles. The molecule has 0 aliphatic carbocycles. The summed E-state index contributed by atoms with van der Waals surface area (Å²) in [5, 5.41) is 3.09. The summed E-state index contributed by atoms with van der Waals surface area (Å²) in [6.45, 7) is 3.88. The summed E-state index contributed by atoms with van der Waals surface area (Å²) in [6, 6.07) is 13.3. The predicted molar refractivity (Wildman–Crippen MR) is 127 cm³/mol. The third-order valence-corrected chi connectivity index (χ3v) is 5.97. The maximum atomic E-state index is 12.7. The van der Waals surface area contributed by atoms with Gasteiger partial charge in [0.05, 0.1) is 42.9 Å². The average molecular weight is 516 g/mol. The Morgan fingerprint density at radius 1 is 0.939 bits per heavy atom. The maximum Gasteiger partial charge on any atom is 0.336 e. The smallest absolute Gasteiger partial charge is 0.336 e. The van der Waals surface area contributed by atoms with E-state index < -0.39 is 17.9 Å². The first kappa shape index (κ1) is 24.4. The number of benzene rings is 2. The highest BCUT2D eigenvalue weighted by Gasteiger charge is 2.38. The van der Waals surface area contributed by atoms with Gasteiger partial charge in [0.1, 0.15) is 6.61 Å². The molecule has 2 aromatic carbocycles. The van der Waals surface area contributed by atoms with Crippen molar-refractivity contribution in [3.63, 3.8) is 0 Å². The van der Waals surface area contributed by atoms with Crippen LogP contribution in [-0.2, 0) is 25.7 Å². The number of halogens is 1. The second-order valence-electron chi connectivity index (χ2n) is 7.43. The molecule has 0 radical (unpaired) electrons. The summed E-state index contributed by atoms with van der Waals surface area (Å²) in [5.74, 6) is -0.839. The highest BCUT2D eigenvalue weighted by atomic mass is 79.9. The molecule has 174 valence electrons. The fraction of sp³-hybridized carbons (Fsp3) is 0.280. The minimum Gasteiger partial charge on any atom is -0.493 e. The molecule has 2 aromatic rings. The number of carbonyl (C=O) groups is 2. The van der Waals surface area contributed by atoms with Gasteiger partial charge in [-0.15, -0.1) is 0 Å². The Morgan fingerprint density at radius 2 is 1.52 bits per heavy atom. The van der Waals surface area contributed by atoms with Crippen molar-refractivity contribution < 1.29 is 28.5 Å². The second kappa shape index (κ2) is 10.6. The molecular formula is C25H26BrNO6. The highest BCUT2D eigenvalue weighted by molar-refractivity contribution is 9.10. The molecule has 0 aromatic heterocycles. The molecule has 0 unspecified atom stereocenters. The van der Waals surface area contributed by atoms with Gasteiger partial charge in [0, 0.05) is 11.4 Å². The molecule has 7 nitrogen and oxygen atoms in total. The second-order valence-corrected chi connectivity index (χ2v) is 8.28. The minimum atomic E-state index is -0.723. The fourth-order valence-electron chi connectivity index (χ4n) is 3.86. The normalized spacial score (nSPS) is 14.0. The van der Waals surface area contributed by atoms with Gasteiger partial charge in [-0.3, -0.25) is 0 Å². The Kier molecular flexibility index (Phi) is 7.81. The van der Waals surface area contributed by atoms with Crippen molar-refractivity contribution in [2.45, 2.75) is 26.4 Å². The lowest BCUT2D eigenvalue weighted by molar-refractivity contribution is -0.137. The Hall–Kier alpha value is -3.26. The molecular weight excluding hydrogens is 490 g/mol. The Labute approximate surface area is 201 Å². The van der Waals surface area contributed by atoms with Gasteiger partial charge < -0.3 is 24.3 Å². The van der Waals surface area contributed by atoms with E-state index in [9.17, 15) is 9.59 Å². The van der Waals surface area contributed by atoms with Gasteiger partial charge in [0.25, 0.3) is 0 Å². The number of allylic oxidation sites excluding steroid dienone is 2. The molecule has 1 heterocycles. The molecule has 0 bridgehead atoms. The van der Waals surface area contributed by atoms with Crippen LogP contribution in [0.15, 0.2) is 69.5 Å². The zero-order valence-electron chi connectivity index (χ0n) is 19.2. The van der Waals surface area contributed by atoms with E-state index in [1.807, 2.05) is 36.4 Å². The molecule has 0 fully saturated rings. The molecule has 8 heteroatoms. The summed E-state index contributed by atoms with van der Waals surface area (Å²) < 4.78 is 22.3. The summed E-state index contributed by atoms with van der Waals surface area (Å²) in [6.07, 6.45) is 0. The topological polar surface area (TPSA) is 83.1 Å². The number of rotatable bonds is 7. The summed E-state index contributed by atoms with van der Waals surface area (Å²) >= 11 is 3.57. The molecule has 0 spiro atoms. The standard InChI is InChI=1S/C25H26BrNO6/c1-14-20(24(28)31-4)22(21(15(2)27-14)25(29)32-5)17-11-18(26)23(19(12-17)30-3)33-13-16-9-7-6-8-10-16/h6-12,22,27H,13H2,1-5H3. The maximum absolute atomic E-state index is 12.7. The summed E-state index contributed by atoms with van der Waals surface area (Å²) in [7, 11) is 4.15. The average Bonchev–Trinajstić information content (AvgIpc) is 2.82. The lowest BCUT2D eigenvalue weighted by Gasteiger charge is -2.30. The van der Waals surface area contributed by atoms with Crippen LogP contribution < -0.4 is 14.8 Å². The van der Waals surface area contributed by atoms with Crippen LogP contribution in [0.3, 0.4) is 0 Å². The third-order valence-electron chi connectivity index (χ3n) is 5.38. The molecule has 0 atom stereocenters. The minimum absolute atomic E-state index is 0.315. The first-order valence-electron chi connectivity index (χ1n) is 10.2. The van der Waals surface area contributed by atoms with E-state index in [1.54, 1.807) is 19.9 Å². The van der Waals surface area contributed by atoms with Crippen molar-refractivity contribution in [2.24, 2.45) is 0 Å². The molecule has 0 saturated heterocycles. The largest absolute Gasteiger partial charge is 0.493 e. The van der Waals surface area contributed by atoms with E-state index in [1.165, 1.54) is 21.3 Å². The van der Waals surface area contributed by atoms with E-state index in [2.05, 4.69) is 21.2 Å². The van der Waals surface area contributed by atoms with Gasteiger partial charge in [0.2, 0.25) is 0 Å². The van der Waals surface area contributed by atoms with Gasteiger partial charge in [0.15, 0.2) is 11.5 Å². The van der Waals surface area contributed by atoms with Crippen LogP contribution in [0.4, 0.5) is 0 Å². The van der Waals surface area contributed by atoms with Crippen molar-refractivity contribution >= 4 is 27.9 Å². The van der Waals surface area contributed by atoms with Gasteiger partial charge in [-0.1, -0.05) is 30.3 Å². The molecule has 1 aliphatic rings. The van der Waals surface area contributed by atoms with Crippen molar-refractivity contribution in [1.29, 1.82) is 0 Å². The van der Waals surface area contributed by atoms with E-state index in [0.29, 0.717) is 50.7 Å². The quantitative estimate of drug-likeness (QED) is 0.538. The zero-order chi connectivity index (χ0) is 24.1. The first-order chi connectivity index (χ1) is 15.8. The highest BCUT2D eigenvalue weighted by Crippen LogP contribution is 2.45. The molecule has 1 N–H and O–H groups in total. The van der Waals surface area contributed by atoms with Crippen LogP contribution in [-0.4, -0.2) is 33.3 Å². The van der Waals surface area contributed by atoms with Crippen molar-refractivity contribution in [2.75, 3.05) is 21.3 Å². The Bertz CT molecular complexity index is 1090. The number of ether oxygens (including phenoxy) is 4. The number of hydrogen-bond acceptors (Lipinski definition) is 7. The van der Waals surface area contributed by atoms with Gasteiger partial charge in [-0.05, 0) is 53.0 Å². The Morgan fingerprint density at radius 3 is 2.03 bits per heavy atom. The van der Waals surface area contributed by atoms with Crippen molar-refractivity contribution in [3.05, 3.63) is 80.6 Å². The number of methoxy groups -OCH3 is 3. The molecule has 0 saturated carbocycles. The number of hydrogen-bond donors (Lipinski definition) is 1.